The summed E-state index contributed by atoms with van der Waals surface area (Å²) in [5.41, 5.74) is 35.2. The topological polar surface area (TPSA) is 11.4 Å². The fourth-order valence-electron chi connectivity index (χ4n) is 18.0. The number of rotatable bonds is 11. The molecule has 3 nitrogen and oxygen atoms in total. The molecule has 16 aromatic carbocycles. The van der Waals surface area contributed by atoms with E-state index >= 15 is 0 Å². The van der Waals surface area contributed by atoms with Crippen LogP contribution >= 0.6 is 0 Å². The Morgan fingerprint density at radius 2 is 0.705 bits per heavy atom. The normalized spacial score (nSPS) is 13.1. The standard InChI is InChI=1S/C101H72BN3/c1-100(2,3)76-57-60-92-89(65-76)102-88-59-58-77(103-90-55-29-26-48-82(90)83-49-27-30-56-91(83)103)66-93(88)105(99-85(70-39-17-7-18-40-70)61-72(67-33-11-4-12-34-67)62-86(99)71-41-19-8-20-42-71)95-64-73(63-94(97(95)102)104(92)98-79(68-35-13-5-14-36-68)51-32-52-80(98)69-37-15-6-16-38-69)78-50-31-53-84-81-47-25-28-54-87(81)101(96(78)84,74-43-21-9-22-44-74)75-45-23-10-24-46-75/h4-66H,1-3H3. The Bertz CT molecular complexity index is 6030. The quantitative estimate of drug-likeness (QED) is 0.120. The van der Waals surface area contributed by atoms with Crippen LogP contribution in [0.25, 0.3) is 105 Å². The van der Waals surface area contributed by atoms with Crippen LogP contribution < -0.4 is 26.2 Å². The van der Waals surface area contributed by atoms with Gasteiger partial charge >= 0.3 is 0 Å². The Labute approximate surface area is 614 Å². The lowest BCUT2D eigenvalue weighted by Gasteiger charge is -2.46. The summed E-state index contributed by atoms with van der Waals surface area (Å²) in [6, 6.07) is 144. The molecule has 17 aromatic rings. The van der Waals surface area contributed by atoms with Crippen molar-refractivity contribution in [3.05, 3.63) is 410 Å². The molecule has 0 spiro atoms. The highest BCUT2D eigenvalue weighted by atomic mass is 15.2. The summed E-state index contributed by atoms with van der Waals surface area (Å²) in [5.74, 6) is 0. The second kappa shape index (κ2) is 24.6. The van der Waals surface area contributed by atoms with Crippen molar-refractivity contribution < 1.29 is 0 Å². The molecule has 0 bridgehead atoms. The van der Waals surface area contributed by atoms with Crippen LogP contribution in [0.4, 0.5) is 34.1 Å². The van der Waals surface area contributed by atoms with Crippen molar-refractivity contribution in [2.45, 2.75) is 31.6 Å². The van der Waals surface area contributed by atoms with Gasteiger partial charge in [-0.25, -0.2) is 0 Å². The van der Waals surface area contributed by atoms with Crippen LogP contribution in [0.2, 0.25) is 0 Å². The molecule has 1 aromatic heterocycles. The molecule has 3 heterocycles. The van der Waals surface area contributed by atoms with Gasteiger partial charge in [0, 0.05) is 61.5 Å². The molecular formula is C101H72BN3. The molecule has 0 amide bonds. The second-order valence-electron chi connectivity index (χ2n) is 29.4. The largest absolute Gasteiger partial charge is 0.310 e. The van der Waals surface area contributed by atoms with E-state index in [9.17, 15) is 0 Å². The van der Waals surface area contributed by atoms with Crippen molar-refractivity contribution in [3.8, 4) is 83.6 Å². The van der Waals surface area contributed by atoms with Crippen LogP contribution in [-0.2, 0) is 10.8 Å². The maximum absolute atomic E-state index is 2.74. The molecule has 0 atom stereocenters. The summed E-state index contributed by atoms with van der Waals surface area (Å²) in [6.45, 7) is 6.84. The monoisotopic (exact) mass is 1340 g/mol. The maximum Gasteiger partial charge on any atom is 0.252 e. The second-order valence-corrected chi connectivity index (χ2v) is 29.4. The van der Waals surface area contributed by atoms with E-state index in [0.717, 1.165) is 118 Å². The number of fused-ring (bicyclic) bond motifs is 10. The van der Waals surface area contributed by atoms with Gasteiger partial charge in [0.25, 0.3) is 6.71 Å². The van der Waals surface area contributed by atoms with Crippen LogP contribution in [0.15, 0.2) is 382 Å². The number of hydrogen-bond donors (Lipinski definition) is 0. The minimum absolute atomic E-state index is 0.196. The van der Waals surface area contributed by atoms with Crippen LogP contribution in [0, 0.1) is 0 Å². The van der Waals surface area contributed by atoms with Gasteiger partial charge in [0.2, 0.25) is 0 Å². The number of nitrogens with zero attached hydrogens (tertiary/aromatic N) is 3. The third kappa shape index (κ3) is 9.74. The van der Waals surface area contributed by atoms with Crippen LogP contribution in [-0.4, -0.2) is 11.3 Å². The average Bonchev–Trinajstić information content (AvgIpc) is 1.68. The van der Waals surface area contributed by atoms with Gasteiger partial charge in [-0.2, -0.15) is 0 Å². The molecule has 2 aliphatic heterocycles. The van der Waals surface area contributed by atoms with Crippen molar-refractivity contribution in [1.82, 2.24) is 4.57 Å². The lowest BCUT2D eigenvalue weighted by atomic mass is 9.33. The van der Waals surface area contributed by atoms with Gasteiger partial charge in [-0.05, 0) is 160 Å². The molecule has 0 radical (unpaired) electrons. The molecule has 20 rings (SSSR count). The summed E-state index contributed by atoms with van der Waals surface area (Å²) in [4.78, 5) is 5.44. The minimum Gasteiger partial charge on any atom is -0.310 e. The molecule has 0 N–H and O–H groups in total. The minimum atomic E-state index is -0.728. The zero-order chi connectivity index (χ0) is 69.9. The van der Waals surface area contributed by atoms with Crippen molar-refractivity contribution in [3.63, 3.8) is 0 Å². The molecule has 3 aliphatic rings. The highest BCUT2D eigenvalue weighted by Gasteiger charge is 2.50. The van der Waals surface area contributed by atoms with Crippen LogP contribution in [0.3, 0.4) is 0 Å². The van der Waals surface area contributed by atoms with Gasteiger partial charge < -0.3 is 14.4 Å². The van der Waals surface area contributed by atoms with Crippen molar-refractivity contribution in [2.75, 3.05) is 9.80 Å². The Hall–Kier alpha value is -13.0. The van der Waals surface area contributed by atoms with E-state index in [1.807, 2.05) is 0 Å². The van der Waals surface area contributed by atoms with Gasteiger partial charge in [-0.3, -0.25) is 0 Å². The Morgan fingerprint density at radius 3 is 1.24 bits per heavy atom. The van der Waals surface area contributed by atoms with Crippen molar-refractivity contribution >= 4 is 79.0 Å². The predicted molar refractivity (Wildman–Crippen MR) is 443 cm³/mol. The first-order valence-corrected chi connectivity index (χ1v) is 36.8. The zero-order valence-electron chi connectivity index (χ0n) is 58.8. The lowest BCUT2D eigenvalue weighted by Crippen LogP contribution is -2.61. The maximum atomic E-state index is 2.74. The molecular weight excluding hydrogens is 1270 g/mol. The highest BCUT2D eigenvalue weighted by Crippen LogP contribution is 2.61. The summed E-state index contributed by atoms with van der Waals surface area (Å²) >= 11 is 0. The highest BCUT2D eigenvalue weighted by molar-refractivity contribution is 7.00. The number of anilines is 6. The van der Waals surface area contributed by atoms with E-state index in [1.165, 1.54) is 66.1 Å². The van der Waals surface area contributed by atoms with Crippen molar-refractivity contribution in [2.24, 2.45) is 0 Å². The summed E-state index contributed by atoms with van der Waals surface area (Å²) in [6.07, 6.45) is 0. The summed E-state index contributed by atoms with van der Waals surface area (Å²) in [7, 11) is 0. The Morgan fingerprint density at radius 1 is 0.276 bits per heavy atom. The van der Waals surface area contributed by atoms with E-state index in [-0.39, 0.29) is 12.1 Å². The average molecular weight is 1340 g/mol. The third-order valence-corrected chi connectivity index (χ3v) is 22.6. The number of benzene rings is 16. The van der Waals surface area contributed by atoms with Crippen LogP contribution in [0.1, 0.15) is 48.6 Å². The first-order chi connectivity index (χ1) is 51.8. The van der Waals surface area contributed by atoms with Gasteiger partial charge in [-0.1, -0.05) is 348 Å². The number of para-hydroxylation sites is 3. The van der Waals surface area contributed by atoms with Gasteiger partial charge in [-0.15, -0.1) is 0 Å². The van der Waals surface area contributed by atoms with Crippen LogP contribution in [0.5, 0.6) is 0 Å². The van der Waals surface area contributed by atoms with Gasteiger partial charge in [0.1, 0.15) is 0 Å². The zero-order valence-corrected chi connectivity index (χ0v) is 58.8. The fraction of sp³-hybridized carbons (Fsp3) is 0.0495. The van der Waals surface area contributed by atoms with E-state index < -0.39 is 5.41 Å². The predicted octanol–water partition coefficient (Wildman–Crippen LogP) is 24.5. The first-order valence-electron chi connectivity index (χ1n) is 36.8. The SMILES string of the molecule is CC(C)(C)c1ccc2c(c1)B1c3ccc(-n4c5ccccc5c5ccccc54)cc3N(c3c(-c4ccccc4)cc(-c4ccccc4)cc3-c3ccccc3)c3cc(-c4cccc5c4C(c4ccccc4)(c4ccccc4)c4ccccc4-5)cc(c31)N2c1c(-c2ccccc2)cccc1-c1ccccc1. The number of aromatic nitrogens is 1. The van der Waals surface area contributed by atoms with E-state index in [1.54, 1.807) is 0 Å². The van der Waals surface area contributed by atoms with Crippen molar-refractivity contribution in [1.29, 1.82) is 0 Å². The molecule has 0 unspecified atom stereocenters. The van der Waals surface area contributed by atoms with Gasteiger partial charge in [0.05, 0.1) is 27.8 Å². The lowest BCUT2D eigenvalue weighted by molar-refractivity contribution is 0.591. The van der Waals surface area contributed by atoms with E-state index in [0.29, 0.717) is 0 Å². The molecule has 105 heavy (non-hydrogen) atoms. The summed E-state index contributed by atoms with van der Waals surface area (Å²) in [5, 5.41) is 2.44. The molecule has 0 fully saturated rings. The molecule has 4 heteroatoms. The first kappa shape index (κ1) is 61.8. The molecule has 1 aliphatic carbocycles. The third-order valence-electron chi connectivity index (χ3n) is 22.6. The van der Waals surface area contributed by atoms with Gasteiger partial charge in [0.15, 0.2) is 0 Å². The molecule has 494 valence electrons. The fourth-order valence-corrected chi connectivity index (χ4v) is 18.0. The molecule has 0 saturated carbocycles. The van der Waals surface area contributed by atoms with E-state index in [2.05, 4.69) is 417 Å². The summed E-state index contributed by atoms with van der Waals surface area (Å²) < 4.78 is 2.51. The smallest absolute Gasteiger partial charge is 0.252 e. The van der Waals surface area contributed by atoms with E-state index in [4.69, 9.17) is 0 Å². The Kier molecular flexibility index (Phi) is 14.5. The Balaban J connectivity index is 1.00. The number of hydrogen-bond acceptors (Lipinski definition) is 2. The molecule has 0 saturated heterocycles.